The quantitative estimate of drug-likeness (QED) is 0.535. The van der Waals surface area contributed by atoms with Crippen molar-refractivity contribution in [3.63, 3.8) is 0 Å². The molecular weight excluding hydrogens is 444 g/mol. The lowest BCUT2D eigenvalue weighted by Gasteiger charge is -2.32. The zero-order chi connectivity index (χ0) is 23.2. The van der Waals surface area contributed by atoms with Crippen LogP contribution in [-0.2, 0) is 16.6 Å². The molecule has 4 heterocycles. The van der Waals surface area contributed by atoms with Gasteiger partial charge in [-0.2, -0.15) is 4.98 Å². The number of aryl methyl sites for hydroxylation is 1. The van der Waals surface area contributed by atoms with Crippen LogP contribution in [0.5, 0.6) is 0 Å². The van der Waals surface area contributed by atoms with E-state index in [9.17, 15) is 13.2 Å². The predicted molar refractivity (Wildman–Crippen MR) is 124 cm³/mol. The van der Waals surface area contributed by atoms with E-state index >= 15 is 0 Å². The van der Waals surface area contributed by atoms with Crippen LogP contribution in [0.1, 0.15) is 38.0 Å². The number of aromatic nitrogens is 4. The van der Waals surface area contributed by atoms with E-state index in [1.165, 1.54) is 10.8 Å². The summed E-state index contributed by atoms with van der Waals surface area (Å²) < 4.78 is 33.9. The molecule has 0 spiro atoms. The van der Waals surface area contributed by atoms with Crippen LogP contribution in [0.4, 0.5) is 0 Å². The van der Waals surface area contributed by atoms with Crippen LogP contribution in [0, 0.1) is 5.92 Å². The normalized spacial score (nSPS) is 21.3. The summed E-state index contributed by atoms with van der Waals surface area (Å²) in [5.41, 5.74) is 1.45. The molecule has 2 fully saturated rings. The molecule has 2 aliphatic rings. The van der Waals surface area contributed by atoms with Crippen molar-refractivity contribution in [2.24, 2.45) is 5.92 Å². The number of benzene rings is 1. The van der Waals surface area contributed by atoms with E-state index in [2.05, 4.69) is 15.0 Å². The molecule has 1 unspecified atom stereocenters. The van der Waals surface area contributed by atoms with Crippen LogP contribution < -0.4 is 5.69 Å². The minimum atomic E-state index is -3.09. The highest BCUT2D eigenvalue weighted by Gasteiger charge is 2.32. The van der Waals surface area contributed by atoms with Gasteiger partial charge in [-0.05, 0) is 55.9 Å². The number of likely N-dealkylation sites (tertiary alicyclic amines) is 1. The highest BCUT2D eigenvalue weighted by atomic mass is 32.2. The summed E-state index contributed by atoms with van der Waals surface area (Å²) >= 11 is 0. The van der Waals surface area contributed by atoms with E-state index in [1.807, 2.05) is 31.2 Å². The van der Waals surface area contributed by atoms with Crippen molar-refractivity contribution in [1.82, 2.24) is 28.5 Å². The standard InChI is InChI=1S/C22H30N6O4S/c1-3-27-18-6-4-5-7-19(18)28(22(27)29)21-23-20(32-24-21)17-10-11-25(15-17)14-16-8-12-26(13-9-16)33(2,30)31/h4-7,16-17H,3,8-15H2,1-2H3. The minimum absolute atomic E-state index is 0.137. The van der Waals surface area contributed by atoms with Crippen molar-refractivity contribution in [3.8, 4) is 5.95 Å². The van der Waals surface area contributed by atoms with Crippen molar-refractivity contribution >= 4 is 21.1 Å². The number of piperidine rings is 1. The molecule has 11 heteroatoms. The fourth-order valence-electron chi connectivity index (χ4n) is 5.18. The lowest BCUT2D eigenvalue weighted by Crippen LogP contribution is -2.40. The zero-order valence-electron chi connectivity index (χ0n) is 19.1. The third-order valence-corrected chi connectivity index (χ3v) is 8.27. The van der Waals surface area contributed by atoms with Gasteiger partial charge in [0.2, 0.25) is 15.9 Å². The first-order valence-corrected chi connectivity index (χ1v) is 13.4. The first-order valence-electron chi connectivity index (χ1n) is 11.6. The minimum Gasteiger partial charge on any atom is -0.337 e. The van der Waals surface area contributed by atoms with Crippen molar-refractivity contribution in [2.45, 2.75) is 38.6 Å². The smallest absolute Gasteiger partial charge is 0.336 e. The van der Waals surface area contributed by atoms with E-state index in [-0.39, 0.29) is 17.6 Å². The zero-order valence-corrected chi connectivity index (χ0v) is 19.9. The van der Waals surface area contributed by atoms with Gasteiger partial charge in [-0.25, -0.2) is 22.1 Å². The van der Waals surface area contributed by atoms with Crippen molar-refractivity contribution in [3.05, 3.63) is 40.6 Å². The Morgan fingerprint density at radius 2 is 1.82 bits per heavy atom. The average Bonchev–Trinajstić information content (AvgIpc) is 3.50. The Morgan fingerprint density at radius 3 is 2.52 bits per heavy atom. The second-order valence-electron chi connectivity index (χ2n) is 9.13. The number of nitrogens with zero attached hydrogens (tertiary/aromatic N) is 6. The van der Waals surface area contributed by atoms with Gasteiger partial charge in [0, 0.05) is 32.7 Å². The van der Waals surface area contributed by atoms with Gasteiger partial charge in [0.15, 0.2) is 0 Å². The van der Waals surface area contributed by atoms with E-state index in [1.54, 1.807) is 8.87 Å². The predicted octanol–water partition coefficient (Wildman–Crippen LogP) is 1.66. The maximum absolute atomic E-state index is 13.0. The highest BCUT2D eigenvalue weighted by molar-refractivity contribution is 7.88. The molecular formula is C22H30N6O4S. The molecule has 0 saturated carbocycles. The number of fused-ring (bicyclic) bond motifs is 1. The maximum Gasteiger partial charge on any atom is 0.336 e. The molecule has 0 N–H and O–H groups in total. The van der Waals surface area contributed by atoms with E-state index in [0.717, 1.165) is 49.9 Å². The molecule has 2 aliphatic heterocycles. The molecule has 0 amide bonds. The fraction of sp³-hybridized carbons (Fsp3) is 0.591. The maximum atomic E-state index is 13.0. The second-order valence-corrected chi connectivity index (χ2v) is 11.1. The lowest BCUT2D eigenvalue weighted by atomic mass is 9.97. The van der Waals surface area contributed by atoms with Crippen LogP contribution in [0.15, 0.2) is 33.6 Å². The van der Waals surface area contributed by atoms with Crippen LogP contribution in [0.25, 0.3) is 17.0 Å². The van der Waals surface area contributed by atoms with E-state index in [4.69, 9.17) is 4.52 Å². The third-order valence-electron chi connectivity index (χ3n) is 6.96. The van der Waals surface area contributed by atoms with Gasteiger partial charge in [-0.3, -0.25) is 4.57 Å². The number of hydrogen-bond donors (Lipinski definition) is 0. The summed E-state index contributed by atoms with van der Waals surface area (Å²) in [7, 11) is -3.09. The number of para-hydroxylation sites is 2. The van der Waals surface area contributed by atoms with Gasteiger partial charge in [-0.15, -0.1) is 0 Å². The van der Waals surface area contributed by atoms with Gasteiger partial charge in [-0.1, -0.05) is 12.1 Å². The molecule has 5 rings (SSSR count). The molecule has 2 aromatic heterocycles. The summed E-state index contributed by atoms with van der Waals surface area (Å²) in [6.07, 6.45) is 3.99. The highest BCUT2D eigenvalue weighted by Crippen LogP contribution is 2.29. The van der Waals surface area contributed by atoms with Gasteiger partial charge in [0.25, 0.3) is 5.95 Å². The Morgan fingerprint density at radius 1 is 1.09 bits per heavy atom. The summed E-state index contributed by atoms with van der Waals surface area (Å²) in [4.78, 5) is 20.0. The van der Waals surface area contributed by atoms with Crippen LogP contribution >= 0.6 is 0 Å². The fourth-order valence-corrected chi connectivity index (χ4v) is 6.05. The molecule has 3 aromatic rings. The first kappa shape index (κ1) is 22.3. The number of imidazole rings is 1. The number of hydrogen-bond acceptors (Lipinski definition) is 7. The Labute approximate surface area is 192 Å². The molecule has 1 atom stereocenters. The summed E-state index contributed by atoms with van der Waals surface area (Å²) in [5.74, 6) is 1.49. The summed E-state index contributed by atoms with van der Waals surface area (Å²) in [5, 5.41) is 4.14. The summed E-state index contributed by atoms with van der Waals surface area (Å²) in [6, 6.07) is 7.63. The molecule has 0 aliphatic carbocycles. The topological polar surface area (TPSA) is 106 Å². The van der Waals surface area contributed by atoms with Crippen molar-refractivity contribution in [2.75, 3.05) is 39.0 Å². The average molecular weight is 475 g/mol. The molecule has 10 nitrogen and oxygen atoms in total. The van der Waals surface area contributed by atoms with Gasteiger partial charge in [0.1, 0.15) is 0 Å². The van der Waals surface area contributed by atoms with E-state index in [0.29, 0.717) is 31.4 Å². The Kier molecular flexibility index (Phi) is 5.87. The van der Waals surface area contributed by atoms with Gasteiger partial charge in [0.05, 0.1) is 23.2 Å². The van der Waals surface area contributed by atoms with Gasteiger partial charge < -0.3 is 9.42 Å². The summed E-state index contributed by atoms with van der Waals surface area (Å²) in [6.45, 7) is 6.46. The molecule has 0 radical (unpaired) electrons. The molecule has 0 bridgehead atoms. The SMILES string of the molecule is CCn1c(=O)n(-c2noc(C3CCN(CC4CCN(S(C)(=O)=O)CC4)C3)n2)c2ccccc21. The molecule has 1 aromatic carbocycles. The number of sulfonamides is 1. The Hall–Kier alpha value is -2.50. The Balaban J connectivity index is 1.26. The van der Waals surface area contributed by atoms with Crippen LogP contribution in [0.3, 0.4) is 0 Å². The largest absolute Gasteiger partial charge is 0.337 e. The Bertz CT molecular complexity index is 1300. The third kappa shape index (κ3) is 4.24. The second kappa shape index (κ2) is 8.69. The van der Waals surface area contributed by atoms with Crippen LogP contribution in [0.2, 0.25) is 0 Å². The number of rotatable bonds is 6. The monoisotopic (exact) mass is 474 g/mol. The first-order chi connectivity index (χ1) is 15.8. The molecule has 33 heavy (non-hydrogen) atoms. The van der Waals surface area contributed by atoms with Crippen LogP contribution in [-0.4, -0.2) is 75.9 Å². The van der Waals surface area contributed by atoms with Crippen molar-refractivity contribution in [1.29, 1.82) is 0 Å². The van der Waals surface area contributed by atoms with E-state index < -0.39 is 10.0 Å². The molecule has 178 valence electrons. The molecule has 2 saturated heterocycles. The van der Waals surface area contributed by atoms with Crippen molar-refractivity contribution < 1.29 is 12.9 Å². The lowest BCUT2D eigenvalue weighted by molar-refractivity contribution is 0.203. The van der Waals surface area contributed by atoms with Gasteiger partial charge >= 0.3 is 5.69 Å².